The molecule has 2 aromatic heterocycles. The number of hydrogen-bond donors (Lipinski definition) is 4. The van der Waals surface area contributed by atoms with Crippen LogP contribution >= 0.6 is 0 Å². The first kappa shape index (κ1) is 35.2. The second-order valence-electron chi connectivity index (χ2n) is 14.3. The highest BCUT2D eigenvalue weighted by molar-refractivity contribution is 6.03. The Kier molecular flexibility index (Phi) is 10.8. The molecule has 7 rings (SSSR count). The molecule has 15 heteroatoms. The molecule has 0 spiro atoms. The molecule has 5 N–H and O–H groups in total. The number of nitrogens with zero attached hydrogens (tertiary/aromatic N) is 7. The van der Waals surface area contributed by atoms with Crippen molar-refractivity contribution in [1.82, 2.24) is 35.5 Å². The molecule has 1 unspecified atom stereocenters. The molecule has 0 saturated carbocycles. The van der Waals surface area contributed by atoms with E-state index in [1.54, 1.807) is 18.6 Å². The summed E-state index contributed by atoms with van der Waals surface area (Å²) in [6.45, 7) is 6.92. The number of carbonyl (C=O) groups excluding carboxylic acids is 4. The molecule has 4 amide bonds. The molecule has 4 aliphatic heterocycles. The van der Waals surface area contributed by atoms with E-state index in [0.29, 0.717) is 17.7 Å². The predicted molar refractivity (Wildman–Crippen MR) is 195 cm³/mol. The Bertz CT molecular complexity index is 1750. The van der Waals surface area contributed by atoms with E-state index in [9.17, 15) is 19.2 Å². The summed E-state index contributed by atoms with van der Waals surface area (Å²) < 4.78 is 0. The van der Waals surface area contributed by atoms with E-state index in [1.165, 1.54) is 12.0 Å². The number of imide groups is 1. The number of amides is 4. The number of rotatable bonds is 10. The van der Waals surface area contributed by atoms with Gasteiger partial charge < -0.3 is 31.1 Å². The Morgan fingerprint density at radius 1 is 0.827 bits per heavy atom. The van der Waals surface area contributed by atoms with Crippen molar-refractivity contribution in [3.8, 4) is 0 Å². The lowest BCUT2D eigenvalue weighted by Gasteiger charge is -2.38. The van der Waals surface area contributed by atoms with Crippen LogP contribution in [0, 0.1) is 5.92 Å². The number of nitrogens with two attached hydrogens (primary N) is 1. The summed E-state index contributed by atoms with van der Waals surface area (Å²) in [5.41, 5.74) is 8.82. The van der Waals surface area contributed by atoms with Crippen LogP contribution in [0.15, 0.2) is 42.9 Å². The fourth-order valence-corrected chi connectivity index (χ4v) is 7.74. The SMILES string of the molecule is NC(=O)c1ncc(N2CCCCC2)nc1Nc1ccc(C2CCN(CC3CCN(c4cnc(C(=O)NC5CCC(=O)NC5=O)nc4)CC3)CC2)cc1. The van der Waals surface area contributed by atoms with Crippen molar-refractivity contribution in [1.29, 1.82) is 0 Å². The Balaban J connectivity index is 0.850. The van der Waals surface area contributed by atoms with Crippen LogP contribution in [0.5, 0.6) is 0 Å². The standard InChI is InChI=1S/C37H47N11O4/c38-33(50)32-34(44-30(22-39-32)48-14-2-1-3-15-48)42-27-6-4-25(5-7-27)26-12-16-46(17-13-26)23-24-10-18-47(19-11-24)28-20-40-35(41-21-28)37(52)43-29-8-9-31(49)45-36(29)51/h4-7,20-22,24,26,29H,1-3,8-19,23H2,(H2,38,50)(H,42,44)(H,43,52)(H,45,49,51). The maximum absolute atomic E-state index is 12.6. The second-order valence-corrected chi connectivity index (χ2v) is 14.3. The number of nitrogens with one attached hydrogen (secondary N) is 3. The van der Waals surface area contributed by atoms with E-state index in [1.807, 2.05) is 12.1 Å². The smallest absolute Gasteiger partial charge is 0.289 e. The van der Waals surface area contributed by atoms with Gasteiger partial charge in [-0.25, -0.2) is 19.9 Å². The first-order valence-corrected chi connectivity index (χ1v) is 18.5. The van der Waals surface area contributed by atoms with Gasteiger partial charge in [-0.3, -0.25) is 24.5 Å². The van der Waals surface area contributed by atoms with Crippen molar-refractivity contribution in [2.75, 3.05) is 60.9 Å². The quantitative estimate of drug-likeness (QED) is 0.226. The van der Waals surface area contributed by atoms with Crippen LogP contribution < -0.4 is 31.5 Å². The summed E-state index contributed by atoms with van der Waals surface area (Å²) >= 11 is 0. The molecule has 0 aliphatic carbocycles. The number of carbonyl (C=O) groups is 4. The van der Waals surface area contributed by atoms with Gasteiger partial charge in [0, 0.05) is 44.8 Å². The Hall–Kier alpha value is -5.18. The van der Waals surface area contributed by atoms with Crippen molar-refractivity contribution >= 4 is 46.6 Å². The van der Waals surface area contributed by atoms with E-state index >= 15 is 0 Å². The predicted octanol–water partition coefficient (Wildman–Crippen LogP) is 2.73. The van der Waals surface area contributed by atoms with Gasteiger partial charge in [-0.15, -0.1) is 0 Å². The van der Waals surface area contributed by atoms with E-state index < -0.39 is 23.8 Å². The number of hydrogen-bond acceptors (Lipinski definition) is 12. The minimum Gasteiger partial charge on any atom is -0.369 e. The molecule has 52 heavy (non-hydrogen) atoms. The van der Waals surface area contributed by atoms with Crippen LogP contribution in [0.1, 0.15) is 90.4 Å². The van der Waals surface area contributed by atoms with E-state index in [0.717, 1.165) is 102 Å². The van der Waals surface area contributed by atoms with E-state index in [-0.39, 0.29) is 30.3 Å². The highest BCUT2D eigenvalue weighted by Crippen LogP contribution is 2.31. The summed E-state index contributed by atoms with van der Waals surface area (Å²) in [4.78, 5) is 72.7. The van der Waals surface area contributed by atoms with Gasteiger partial charge in [0.1, 0.15) is 11.9 Å². The lowest BCUT2D eigenvalue weighted by atomic mass is 9.88. The summed E-state index contributed by atoms with van der Waals surface area (Å²) in [5.74, 6) is 0.315. The molecule has 0 bridgehead atoms. The molecule has 4 saturated heterocycles. The third-order valence-corrected chi connectivity index (χ3v) is 10.8. The molecule has 1 atom stereocenters. The molecule has 1 aromatic carbocycles. The van der Waals surface area contributed by atoms with Gasteiger partial charge in [0.05, 0.1) is 24.3 Å². The fraction of sp³-hybridized carbons (Fsp3) is 0.514. The number of primary amides is 1. The number of likely N-dealkylation sites (tertiary alicyclic amines) is 1. The maximum atomic E-state index is 12.6. The van der Waals surface area contributed by atoms with Crippen LogP contribution in [0.25, 0.3) is 0 Å². The van der Waals surface area contributed by atoms with E-state index in [2.05, 4.69) is 57.7 Å². The van der Waals surface area contributed by atoms with Gasteiger partial charge in [0.25, 0.3) is 11.8 Å². The first-order valence-electron chi connectivity index (χ1n) is 18.5. The number of piperidine rings is 4. The topological polar surface area (TPSA) is 192 Å². The average molecular weight is 710 g/mol. The van der Waals surface area contributed by atoms with Crippen LogP contribution in [-0.4, -0.2) is 100 Å². The molecule has 4 aliphatic rings. The molecule has 6 heterocycles. The van der Waals surface area contributed by atoms with Crippen LogP contribution in [0.3, 0.4) is 0 Å². The van der Waals surface area contributed by atoms with Gasteiger partial charge in [-0.1, -0.05) is 12.1 Å². The van der Waals surface area contributed by atoms with Crippen LogP contribution in [0.4, 0.5) is 23.0 Å². The zero-order chi connectivity index (χ0) is 36.0. The maximum Gasteiger partial charge on any atom is 0.289 e. The highest BCUT2D eigenvalue weighted by atomic mass is 16.2. The lowest BCUT2D eigenvalue weighted by Crippen LogP contribution is -2.52. The van der Waals surface area contributed by atoms with Gasteiger partial charge in [0.15, 0.2) is 11.5 Å². The second kappa shape index (κ2) is 16.0. The summed E-state index contributed by atoms with van der Waals surface area (Å²) in [6, 6.07) is 7.67. The monoisotopic (exact) mass is 709 g/mol. The lowest BCUT2D eigenvalue weighted by molar-refractivity contribution is -0.134. The largest absolute Gasteiger partial charge is 0.369 e. The highest BCUT2D eigenvalue weighted by Gasteiger charge is 2.30. The van der Waals surface area contributed by atoms with Gasteiger partial charge in [0.2, 0.25) is 17.6 Å². The normalized spacial score (nSPS) is 20.7. The van der Waals surface area contributed by atoms with Gasteiger partial charge >= 0.3 is 0 Å². The average Bonchev–Trinajstić information content (AvgIpc) is 3.17. The molecule has 274 valence electrons. The van der Waals surface area contributed by atoms with Crippen molar-refractivity contribution in [2.24, 2.45) is 11.7 Å². The third-order valence-electron chi connectivity index (χ3n) is 10.8. The number of aromatic nitrogens is 4. The Labute approximate surface area is 303 Å². The molecule has 15 nitrogen and oxygen atoms in total. The van der Waals surface area contributed by atoms with Crippen molar-refractivity contribution in [2.45, 2.75) is 69.7 Å². The summed E-state index contributed by atoms with van der Waals surface area (Å²) in [7, 11) is 0. The third kappa shape index (κ3) is 8.47. The van der Waals surface area contributed by atoms with Crippen molar-refractivity contribution in [3.05, 3.63) is 59.9 Å². The number of benzene rings is 1. The Morgan fingerprint density at radius 2 is 1.54 bits per heavy atom. The van der Waals surface area contributed by atoms with Crippen LogP contribution in [-0.2, 0) is 9.59 Å². The molecule has 4 fully saturated rings. The van der Waals surface area contributed by atoms with Gasteiger partial charge in [-0.2, -0.15) is 0 Å². The fourth-order valence-electron chi connectivity index (χ4n) is 7.74. The molecule has 0 radical (unpaired) electrons. The van der Waals surface area contributed by atoms with Crippen molar-refractivity contribution in [3.63, 3.8) is 0 Å². The molecule has 3 aromatic rings. The minimum atomic E-state index is -0.762. The molecular weight excluding hydrogens is 662 g/mol. The zero-order valence-corrected chi connectivity index (χ0v) is 29.4. The zero-order valence-electron chi connectivity index (χ0n) is 29.4. The molecular formula is C37H47N11O4. The summed E-state index contributed by atoms with van der Waals surface area (Å²) in [6.07, 6.45) is 13.3. The van der Waals surface area contributed by atoms with Gasteiger partial charge in [-0.05, 0) is 94.0 Å². The van der Waals surface area contributed by atoms with Crippen LogP contribution in [0.2, 0.25) is 0 Å². The first-order chi connectivity index (χ1) is 25.3. The number of anilines is 4. The minimum absolute atomic E-state index is 0.00171. The Morgan fingerprint density at radius 3 is 2.21 bits per heavy atom. The van der Waals surface area contributed by atoms with Crippen molar-refractivity contribution < 1.29 is 19.2 Å². The summed E-state index contributed by atoms with van der Waals surface area (Å²) in [5, 5.41) is 8.15. The van der Waals surface area contributed by atoms with E-state index in [4.69, 9.17) is 10.7 Å².